The Balaban J connectivity index is 4.08. The Labute approximate surface area is 113 Å². The summed E-state index contributed by atoms with van der Waals surface area (Å²) in [7, 11) is 0. The minimum absolute atomic E-state index is 0.0182. The van der Waals surface area contributed by atoms with Crippen LogP contribution in [0.3, 0.4) is 0 Å². The molecule has 0 aromatic carbocycles. The van der Waals surface area contributed by atoms with Gasteiger partial charge in [-0.2, -0.15) is 0 Å². The second-order valence-corrected chi connectivity index (χ2v) is 5.87. The van der Waals surface area contributed by atoms with Gasteiger partial charge in [0, 0.05) is 0 Å². The number of hydrogen-bond acceptors (Lipinski definition) is 2. The number of carbonyl (C=O) groups excluding carboxylic acids is 1. The van der Waals surface area contributed by atoms with Crippen LogP contribution in [0.25, 0.3) is 0 Å². The van der Waals surface area contributed by atoms with E-state index in [1.54, 1.807) is 0 Å². The Morgan fingerprint density at radius 2 is 1.89 bits per heavy atom. The highest BCUT2D eigenvalue weighted by Gasteiger charge is 2.23. The standard InChI is InChI=1S/C16H30O2/c1-6-8-9-10-11-13-14(12-7-2)15(17)18-16(3,4)5/h6,8,14H,7,9-13H2,1-5H3. The maximum absolute atomic E-state index is 12.0. The van der Waals surface area contributed by atoms with Gasteiger partial charge in [0.25, 0.3) is 0 Å². The molecule has 0 saturated heterocycles. The first kappa shape index (κ1) is 17.2. The van der Waals surface area contributed by atoms with Crippen molar-refractivity contribution in [1.29, 1.82) is 0 Å². The molecule has 0 aliphatic carbocycles. The number of esters is 1. The molecule has 0 amide bonds. The number of unbranched alkanes of at least 4 members (excludes halogenated alkanes) is 2. The lowest BCUT2D eigenvalue weighted by atomic mass is 9.96. The van der Waals surface area contributed by atoms with Crippen molar-refractivity contribution >= 4 is 5.97 Å². The highest BCUT2D eigenvalue weighted by atomic mass is 16.6. The van der Waals surface area contributed by atoms with E-state index < -0.39 is 0 Å². The number of hydrogen-bond donors (Lipinski definition) is 0. The molecule has 0 fully saturated rings. The maximum Gasteiger partial charge on any atom is 0.309 e. The summed E-state index contributed by atoms with van der Waals surface area (Å²) < 4.78 is 5.48. The first-order valence-corrected chi connectivity index (χ1v) is 7.24. The predicted octanol–water partition coefficient (Wildman–Crippen LogP) is 4.88. The summed E-state index contributed by atoms with van der Waals surface area (Å²) in [5.74, 6) is 0.0650. The van der Waals surface area contributed by atoms with Gasteiger partial charge < -0.3 is 4.74 Å². The molecule has 106 valence electrons. The summed E-state index contributed by atoms with van der Waals surface area (Å²) in [5, 5.41) is 0. The summed E-state index contributed by atoms with van der Waals surface area (Å²) in [6.07, 6.45) is 10.6. The third kappa shape index (κ3) is 9.26. The summed E-state index contributed by atoms with van der Waals surface area (Å²) in [5.41, 5.74) is -0.367. The van der Waals surface area contributed by atoms with Gasteiger partial charge in [-0.3, -0.25) is 4.79 Å². The maximum atomic E-state index is 12.0. The van der Waals surface area contributed by atoms with E-state index in [9.17, 15) is 4.79 Å². The Bertz CT molecular complexity index is 248. The van der Waals surface area contributed by atoms with E-state index in [-0.39, 0.29) is 17.5 Å². The van der Waals surface area contributed by atoms with Gasteiger partial charge in [-0.25, -0.2) is 0 Å². The van der Waals surface area contributed by atoms with Gasteiger partial charge in [-0.1, -0.05) is 31.9 Å². The predicted molar refractivity (Wildman–Crippen MR) is 77.5 cm³/mol. The molecular weight excluding hydrogens is 224 g/mol. The lowest BCUT2D eigenvalue weighted by molar-refractivity contribution is -0.160. The average molecular weight is 254 g/mol. The normalized spacial score (nSPS) is 13.8. The molecule has 2 nitrogen and oxygen atoms in total. The van der Waals surface area contributed by atoms with Gasteiger partial charge in [-0.15, -0.1) is 0 Å². The lowest BCUT2D eigenvalue weighted by Crippen LogP contribution is -2.28. The summed E-state index contributed by atoms with van der Waals surface area (Å²) in [6, 6.07) is 0. The fourth-order valence-electron chi connectivity index (χ4n) is 1.93. The lowest BCUT2D eigenvalue weighted by Gasteiger charge is -2.23. The van der Waals surface area contributed by atoms with Crippen LogP contribution in [0.5, 0.6) is 0 Å². The molecule has 0 aliphatic heterocycles. The molecule has 0 aromatic heterocycles. The summed E-state index contributed by atoms with van der Waals surface area (Å²) in [4.78, 5) is 12.0. The van der Waals surface area contributed by atoms with Gasteiger partial charge in [0.05, 0.1) is 5.92 Å². The smallest absolute Gasteiger partial charge is 0.309 e. The van der Waals surface area contributed by atoms with Gasteiger partial charge in [-0.05, 0) is 53.4 Å². The molecule has 0 aromatic rings. The third-order valence-electron chi connectivity index (χ3n) is 2.79. The number of allylic oxidation sites excluding steroid dienone is 2. The molecule has 1 unspecified atom stereocenters. The van der Waals surface area contributed by atoms with E-state index in [1.165, 1.54) is 0 Å². The minimum Gasteiger partial charge on any atom is -0.460 e. The van der Waals surface area contributed by atoms with Crippen LogP contribution < -0.4 is 0 Å². The molecule has 0 rings (SSSR count). The molecule has 0 saturated carbocycles. The second-order valence-electron chi connectivity index (χ2n) is 5.87. The number of carbonyl (C=O) groups is 1. The molecule has 18 heavy (non-hydrogen) atoms. The summed E-state index contributed by atoms with van der Waals surface area (Å²) in [6.45, 7) is 9.96. The minimum atomic E-state index is -0.367. The molecule has 1 atom stereocenters. The van der Waals surface area contributed by atoms with E-state index in [0.717, 1.165) is 38.5 Å². The van der Waals surface area contributed by atoms with Crippen LogP contribution in [-0.4, -0.2) is 11.6 Å². The van der Waals surface area contributed by atoms with E-state index in [2.05, 4.69) is 19.1 Å². The van der Waals surface area contributed by atoms with E-state index in [1.807, 2.05) is 27.7 Å². The Hall–Kier alpha value is -0.790. The Kier molecular flexibility index (Phi) is 8.78. The van der Waals surface area contributed by atoms with Gasteiger partial charge in [0.2, 0.25) is 0 Å². The van der Waals surface area contributed by atoms with Crippen molar-refractivity contribution in [1.82, 2.24) is 0 Å². The second kappa shape index (κ2) is 9.18. The largest absolute Gasteiger partial charge is 0.460 e. The van der Waals surface area contributed by atoms with Crippen molar-refractivity contribution in [3.8, 4) is 0 Å². The molecular formula is C16H30O2. The zero-order valence-electron chi connectivity index (χ0n) is 12.8. The number of rotatable bonds is 8. The first-order chi connectivity index (χ1) is 8.40. The van der Waals surface area contributed by atoms with Gasteiger partial charge >= 0.3 is 5.97 Å². The van der Waals surface area contributed by atoms with Gasteiger partial charge in [0.15, 0.2) is 0 Å². The van der Waals surface area contributed by atoms with Crippen LogP contribution >= 0.6 is 0 Å². The fraction of sp³-hybridized carbons (Fsp3) is 0.812. The Morgan fingerprint density at radius 3 is 2.39 bits per heavy atom. The molecule has 2 heteroatoms. The summed E-state index contributed by atoms with van der Waals surface area (Å²) >= 11 is 0. The van der Waals surface area contributed by atoms with Crippen LogP contribution in [-0.2, 0) is 9.53 Å². The highest BCUT2D eigenvalue weighted by molar-refractivity contribution is 5.72. The highest BCUT2D eigenvalue weighted by Crippen LogP contribution is 2.20. The SMILES string of the molecule is CC=CCCCCC(CCC)C(=O)OC(C)(C)C. The van der Waals surface area contributed by atoms with E-state index in [4.69, 9.17) is 4.74 Å². The first-order valence-electron chi connectivity index (χ1n) is 7.24. The quantitative estimate of drug-likeness (QED) is 0.350. The third-order valence-corrected chi connectivity index (χ3v) is 2.79. The fourth-order valence-corrected chi connectivity index (χ4v) is 1.93. The van der Waals surface area contributed by atoms with Crippen LogP contribution in [0.15, 0.2) is 12.2 Å². The average Bonchev–Trinajstić information content (AvgIpc) is 2.25. The van der Waals surface area contributed by atoms with Crippen molar-refractivity contribution in [2.24, 2.45) is 5.92 Å². The topological polar surface area (TPSA) is 26.3 Å². The van der Waals surface area contributed by atoms with E-state index in [0.29, 0.717) is 0 Å². The number of ether oxygens (including phenoxy) is 1. The molecule has 0 aliphatic rings. The zero-order valence-corrected chi connectivity index (χ0v) is 12.8. The van der Waals surface area contributed by atoms with Crippen molar-refractivity contribution in [3.05, 3.63) is 12.2 Å². The van der Waals surface area contributed by atoms with Crippen LogP contribution in [0, 0.1) is 5.92 Å². The van der Waals surface area contributed by atoms with Crippen molar-refractivity contribution < 1.29 is 9.53 Å². The molecule has 0 heterocycles. The van der Waals surface area contributed by atoms with Crippen LogP contribution in [0.1, 0.15) is 73.1 Å². The van der Waals surface area contributed by atoms with Crippen molar-refractivity contribution in [2.75, 3.05) is 0 Å². The van der Waals surface area contributed by atoms with Gasteiger partial charge in [0.1, 0.15) is 5.60 Å². The van der Waals surface area contributed by atoms with Crippen LogP contribution in [0.4, 0.5) is 0 Å². The molecule has 0 radical (unpaired) electrons. The monoisotopic (exact) mass is 254 g/mol. The molecule has 0 N–H and O–H groups in total. The van der Waals surface area contributed by atoms with Crippen molar-refractivity contribution in [3.63, 3.8) is 0 Å². The molecule has 0 bridgehead atoms. The van der Waals surface area contributed by atoms with E-state index >= 15 is 0 Å². The Morgan fingerprint density at radius 1 is 1.22 bits per heavy atom. The molecule has 0 spiro atoms. The van der Waals surface area contributed by atoms with Crippen molar-refractivity contribution in [2.45, 2.75) is 78.7 Å². The zero-order chi connectivity index (χ0) is 14.0. The van der Waals surface area contributed by atoms with Crippen LogP contribution in [0.2, 0.25) is 0 Å².